The van der Waals surface area contributed by atoms with Gasteiger partial charge in [-0.3, -0.25) is 4.90 Å². The Kier molecular flexibility index (Phi) is 2.55. The van der Waals surface area contributed by atoms with Crippen LogP contribution in [0.3, 0.4) is 0 Å². The van der Waals surface area contributed by atoms with Crippen LogP contribution < -0.4 is 5.32 Å². The highest BCUT2D eigenvalue weighted by Gasteiger charge is 2.34. The van der Waals surface area contributed by atoms with Crippen molar-refractivity contribution in [1.82, 2.24) is 10.2 Å². The van der Waals surface area contributed by atoms with Gasteiger partial charge in [-0.05, 0) is 47.3 Å². The van der Waals surface area contributed by atoms with Crippen molar-refractivity contribution in [2.75, 3.05) is 20.6 Å². The summed E-state index contributed by atoms with van der Waals surface area (Å²) >= 11 is 0. The van der Waals surface area contributed by atoms with Gasteiger partial charge in [-0.1, -0.05) is 0 Å². The van der Waals surface area contributed by atoms with E-state index >= 15 is 0 Å². The third kappa shape index (κ3) is 1.57. The molecule has 0 radical (unpaired) electrons. The minimum absolute atomic E-state index is 0.326. The standard InChI is InChI=1S/C9H20N2/c1-9(2)8(10-3)6-5-7-11(9)4/h8,10H,5-7H2,1-4H3. The topological polar surface area (TPSA) is 15.3 Å². The second-order valence-electron chi connectivity index (χ2n) is 4.06. The summed E-state index contributed by atoms with van der Waals surface area (Å²) in [5.74, 6) is 0. The molecule has 1 N–H and O–H groups in total. The highest BCUT2D eigenvalue weighted by atomic mass is 15.2. The summed E-state index contributed by atoms with van der Waals surface area (Å²) in [6, 6.07) is 0.654. The molecule has 0 aromatic heterocycles. The number of likely N-dealkylation sites (N-methyl/N-ethyl adjacent to an activating group) is 2. The zero-order chi connectivity index (χ0) is 8.48. The first kappa shape index (κ1) is 9.01. The summed E-state index contributed by atoms with van der Waals surface area (Å²) in [5.41, 5.74) is 0.326. The molecule has 0 aliphatic carbocycles. The Labute approximate surface area is 70.0 Å². The lowest BCUT2D eigenvalue weighted by Gasteiger charge is -2.46. The van der Waals surface area contributed by atoms with Crippen molar-refractivity contribution in [3.63, 3.8) is 0 Å². The van der Waals surface area contributed by atoms with Crippen LogP contribution in [0.15, 0.2) is 0 Å². The zero-order valence-electron chi connectivity index (χ0n) is 8.15. The predicted octanol–water partition coefficient (Wildman–Crippen LogP) is 1.08. The molecule has 1 unspecified atom stereocenters. The van der Waals surface area contributed by atoms with Crippen LogP contribution in [0.5, 0.6) is 0 Å². The van der Waals surface area contributed by atoms with Crippen molar-refractivity contribution < 1.29 is 0 Å². The van der Waals surface area contributed by atoms with Crippen LogP contribution in [0.25, 0.3) is 0 Å². The van der Waals surface area contributed by atoms with Crippen LogP contribution in [0.1, 0.15) is 26.7 Å². The van der Waals surface area contributed by atoms with E-state index in [4.69, 9.17) is 0 Å². The Morgan fingerprint density at radius 1 is 1.45 bits per heavy atom. The SMILES string of the molecule is CNC1CCCN(C)C1(C)C. The molecule has 0 spiro atoms. The Morgan fingerprint density at radius 3 is 2.55 bits per heavy atom. The Balaban J connectivity index is 2.64. The van der Waals surface area contributed by atoms with Crippen LogP contribution in [-0.2, 0) is 0 Å². The lowest BCUT2D eigenvalue weighted by atomic mass is 9.85. The van der Waals surface area contributed by atoms with Crippen LogP contribution in [0, 0.1) is 0 Å². The second-order valence-corrected chi connectivity index (χ2v) is 4.06. The normalized spacial score (nSPS) is 32.2. The quantitative estimate of drug-likeness (QED) is 0.611. The summed E-state index contributed by atoms with van der Waals surface area (Å²) < 4.78 is 0. The minimum atomic E-state index is 0.326. The number of hydrogen-bond acceptors (Lipinski definition) is 2. The summed E-state index contributed by atoms with van der Waals surface area (Å²) in [4.78, 5) is 2.44. The molecule has 0 aromatic carbocycles. The maximum absolute atomic E-state index is 3.38. The fourth-order valence-electron chi connectivity index (χ4n) is 1.94. The van der Waals surface area contributed by atoms with Crippen molar-refractivity contribution in [1.29, 1.82) is 0 Å². The fraction of sp³-hybridized carbons (Fsp3) is 1.00. The molecular formula is C9H20N2. The lowest BCUT2D eigenvalue weighted by Crippen LogP contribution is -2.58. The lowest BCUT2D eigenvalue weighted by molar-refractivity contribution is 0.0715. The molecule has 1 saturated heterocycles. The largest absolute Gasteiger partial charge is 0.315 e. The number of nitrogens with zero attached hydrogens (tertiary/aromatic N) is 1. The van der Waals surface area contributed by atoms with Gasteiger partial charge >= 0.3 is 0 Å². The van der Waals surface area contributed by atoms with Crippen molar-refractivity contribution in [3.05, 3.63) is 0 Å². The van der Waals surface area contributed by atoms with E-state index in [2.05, 4.69) is 38.2 Å². The van der Waals surface area contributed by atoms with Gasteiger partial charge in [0.25, 0.3) is 0 Å². The molecule has 0 amide bonds. The Morgan fingerprint density at radius 2 is 2.09 bits per heavy atom. The van der Waals surface area contributed by atoms with Crippen LogP contribution in [0.2, 0.25) is 0 Å². The molecule has 0 bridgehead atoms. The van der Waals surface area contributed by atoms with Crippen LogP contribution >= 0.6 is 0 Å². The number of piperidine rings is 1. The molecule has 1 aliphatic heterocycles. The maximum Gasteiger partial charge on any atom is 0.0303 e. The highest BCUT2D eigenvalue weighted by Crippen LogP contribution is 2.25. The molecule has 11 heavy (non-hydrogen) atoms. The molecule has 66 valence electrons. The summed E-state index contributed by atoms with van der Waals surface area (Å²) in [6.07, 6.45) is 2.64. The minimum Gasteiger partial charge on any atom is -0.315 e. The van der Waals surface area contributed by atoms with E-state index < -0.39 is 0 Å². The van der Waals surface area contributed by atoms with Crippen molar-refractivity contribution in [3.8, 4) is 0 Å². The van der Waals surface area contributed by atoms with Crippen LogP contribution in [0.4, 0.5) is 0 Å². The van der Waals surface area contributed by atoms with Gasteiger partial charge in [0.2, 0.25) is 0 Å². The number of likely N-dealkylation sites (tertiary alicyclic amines) is 1. The Hall–Kier alpha value is -0.0800. The monoisotopic (exact) mass is 156 g/mol. The van der Waals surface area contributed by atoms with E-state index in [0.717, 1.165) is 0 Å². The van der Waals surface area contributed by atoms with Crippen molar-refractivity contribution in [2.24, 2.45) is 0 Å². The highest BCUT2D eigenvalue weighted by molar-refractivity contribution is 4.94. The van der Waals surface area contributed by atoms with E-state index in [9.17, 15) is 0 Å². The van der Waals surface area contributed by atoms with Crippen molar-refractivity contribution >= 4 is 0 Å². The van der Waals surface area contributed by atoms with Gasteiger partial charge < -0.3 is 5.32 Å². The van der Waals surface area contributed by atoms with Gasteiger partial charge in [-0.25, -0.2) is 0 Å². The molecule has 2 nitrogen and oxygen atoms in total. The van der Waals surface area contributed by atoms with E-state index in [1.165, 1.54) is 19.4 Å². The fourth-order valence-corrected chi connectivity index (χ4v) is 1.94. The predicted molar refractivity (Wildman–Crippen MR) is 48.8 cm³/mol. The van der Waals surface area contributed by atoms with Crippen molar-refractivity contribution in [2.45, 2.75) is 38.3 Å². The average Bonchev–Trinajstić information content (AvgIpc) is 1.95. The van der Waals surface area contributed by atoms with E-state index in [1.807, 2.05) is 0 Å². The smallest absolute Gasteiger partial charge is 0.0303 e. The van der Waals surface area contributed by atoms with Gasteiger partial charge in [0.15, 0.2) is 0 Å². The van der Waals surface area contributed by atoms with Gasteiger partial charge in [0.1, 0.15) is 0 Å². The first-order valence-corrected chi connectivity index (χ1v) is 4.47. The molecule has 1 rings (SSSR count). The first-order chi connectivity index (χ1) is 5.09. The maximum atomic E-state index is 3.38. The molecule has 0 saturated carbocycles. The molecular weight excluding hydrogens is 136 g/mol. The van der Waals surface area contributed by atoms with E-state index in [1.54, 1.807) is 0 Å². The molecule has 0 aromatic rings. The van der Waals surface area contributed by atoms with Crippen LogP contribution in [-0.4, -0.2) is 37.1 Å². The van der Waals surface area contributed by atoms with E-state index in [-0.39, 0.29) is 0 Å². The third-order valence-corrected chi connectivity index (χ3v) is 3.17. The van der Waals surface area contributed by atoms with Gasteiger partial charge in [-0.15, -0.1) is 0 Å². The second kappa shape index (κ2) is 3.11. The van der Waals surface area contributed by atoms with E-state index in [0.29, 0.717) is 11.6 Å². The van der Waals surface area contributed by atoms with Gasteiger partial charge in [0.05, 0.1) is 0 Å². The molecule has 1 aliphatic rings. The summed E-state index contributed by atoms with van der Waals surface area (Å²) in [6.45, 7) is 5.87. The average molecular weight is 156 g/mol. The summed E-state index contributed by atoms with van der Waals surface area (Å²) in [5, 5.41) is 3.38. The number of nitrogens with one attached hydrogen (secondary N) is 1. The Bertz CT molecular complexity index is 132. The molecule has 2 heteroatoms. The first-order valence-electron chi connectivity index (χ1n) is 4.47. The van der Waals surface area contributed by atoms with Gasteiger partial charge in [0, 0.05) is 11.6 Å². The molecule has 1 fully saturated rings. The number of hydrogen-bond donors (Lipinski definition) is 1. The van der Waals surface area contributed by atoms with Gasteiger partial charge in [-0.2, -0.15) is 0 Å². The number of rotatable bonds is 1. The third-order valence-electron chi connectivity index (χ3n) is 3.17. The zero-order valence-corrected chi connectivity index (χ0v) is 8.15. The molecule has 1 heterocycles. The summed E-state index contributed by atoms with van der Waals surface area (Å²) in [7, 11) is 4.27. The molecule has 1 atom stereocenters.